The van der Waals surface area contributed by atoms with Gasteiger partial charge in [0, 0.05) is 12.1 Å². The third-order valence-corrected chi connectivity index (χ3v) is 2.15. The molecule has 0 fully saturated rings. The topological polar surface area (TPSA) is 64.6 Å². The second kappa shape index (κ2) is 7.36. The molecule has 1 heterocycles. The predicted octanol–water partition coefficient (Wildman–Crippen LogP) is -3.91. The number of aliphatic hydroxyl groups is 3. The molecule has 0 saturated carbocycles. The second-order valence-electron chi connectivity index (χ2n) is 3.11. The van der Waals surface area contributed by atoms with Crippen LogP contribution in [0.1, 0.15) is 17.0 Å². The molecule has 1 rings (SSSR count). The van der Waals surface area contributed by atoms with Crippen LogP contribution < -0.4 is 21.5 Å². The Bertz CT molecular complexity index is 362. The van der Waals surface area contributed by atoms with E-state index in [0.29, 0.717) is 17.0 Å². The summed E-state index contributed by atoms with van der Waals surface area (Å²) in [6, 6.07) is 3.33. The molecule has 0 spiro atoms. The number of halogens is 1. The minimum atomic E-state index is -0.178. The van der Waals surface area contributed by atoms with E-state index in [2.05, 4.69) is 5.92 Å². The molecular formula is C11H14BrNO3. The molecule has 88 valence electrons. The van der Waals surface area contributed by atoms with Gasteiger partial charge in [0.1, 0.15) is 13.2 Å². The van der Waals surface area contributed by atoms with Crippen LogP contribution in [0.3, 0.4) is 0 Å². The summed E-state index contributed by atoms with van der Waals surface area (Å²) in [6.45, 7) is -0.195. The minimum absolute atomic E-state index is 0. The molecule has 0 amide bonds. The van der Waals surface area contributed by atoms with Gasteiger partial charge in [-0.2, -0.15) is 4.57 Å². The fraction of sp³-hybridized carbons (Fsp3) is 0.364. The smallest absolute Gasteiger partial charge is 0.209 e. The van der Waals surface area contributed by atoms with Gasteiger partial charge in [-0.05, 0) is 11.5 Å². The summed E-state index contributed by atoms with van der Waals surface area (Å²) in [4.78, 5) is 0. The third-order valence-electron chi connectivity index (χ3n) is 2.15. The Morgan fingerprint density at radius 3 is 1.88 bits per heavy atom. The maximum absolute atomic E-state index is 9.13. The number of aliphatic hydroxyl groups excluding tert-OH is 3. The van der Waals surface area contributed by atoms with Crippen LogP contribution in [0.15, 0.2) is 12.1 Å². The zero-order valence-corrected chi connectivity index (χ0v) is 10.3. The molecule has 0 atom stereocenters. The summed E-state index contributed by atoms with van der Waals surface area (Å²) in [5.74, 6) is 2.45. The summed E-state index contributed by atoms with van der Waals surface area (Å²) in [6.07, 6.45) is 5.19. The van der Waals surface area contributed by atoms with Gasteiger partial charge in [0.05, 0.1) is 6.61 Å². The van der Waals surface area contributed by atoms with Crippen LogP contribution in [0, 0.1) is 12.3 Å². The molecule has 16 heavy (non-hydrogen) atoms. The van der Waals surface area contributed by atoms with E-state index in [-0.39, 0.29) is 43.3 Å². The number of nitrogens with zero attached hydrogens (tertiary/aromatic N) is 1. The lowest BCUT2D eigenvalue weighted by atomic mass is 10.2. The van der Waals surface area contributed by atoms with Crippen molar-refractivity contribution in [1.82, 2.24) is 0 Å². The summed E-state index contributed by atoms with van der Waals surface area (Å²) in [5.41, 5.74) is 1.82. The quantitative estimate of drug-likeness (QED) is 0.392. The van der Waals surface area contributed by atoms with Gasteiger partial charge in [-0.15, -0.1) is 6.42 Å². The van der Waals surface area contributed by atoms with Crippen molar-refractivity contribution in [1.29, 1.82) is 0 Å². The van der Waals surface area contributed by atoms with E-state index in [1.165, 1.54) is 0 Å². The molecule has 1 aromatic rings. The van der Waals surface area contributed by atoms with Crippen LogP contribution in [0.2, 0.25) is 0 Å². The van der Waals surface area contributed by atoms with Crippen molar-refractivity contribution in [2.75, 3.05) is 0 Å². The molecule has 0 unspecified atom stereocenters. The minimum Gasteiger partial charge on any atom is -1.00 e. The number of hydrogen-bond acceptors (Lipinski definition) is 3. The maximum atomic E-state index is 9.13. The third kappa shape index (κ3) is 3.29. The van der Waals surface area contributed by atoms with Crippen molar-refractivity contribution < 1.29 is 36.9 Å². The first-order chi connectivity index (χ1) is 7.26. The van der Waals surface area contributed by atoms with Crippen LogP contribution in [0.5, 0.6) is 0 Å². The predicted molar refractivity (Wildman–Crippen MR) is 53.2 cm³/mol. The van der Waals surface area contributed by atoms with Gasteiger partial charge in [-0.1, -0.05) is 0 Å². The number of hydrogen-bond donors (Lipinski definition) is 3. The maximum Gasteiger partial charge on any atom is 0.209 e. The zero-order valence-electron chi connectivity index (χ0n) is 8.73. The van der Waals surface area contributed by atoms with E-state index in [0.717, 1.165) is 0 Å². The zero-order chi connectivity index (χ0) is 11.3. The Kier molecular flexibility index (Phi) is 6.93. The summed E-state index contributed by atoms with van der Waals surface area (Å²) < 4.78 is 1.65. The highest BCUT2D eigenvalue weighted by Gasteiger charge is 2.16. The lowest BCUT2D eigenvalue weighted by Crippen LogP contribution is -3.00. The van der Waals surface area contributed by atoms with Crippen molar-refractivity contribution in [2.45, 2.75) is 26.4 Å². The Morgan fingerprint density at radius 1 is 1.06 bits per heavy atom. The van der Waals surface area contributed by atoms with Crippen LogP contribution in [0.25, 0.3) is 0 Å². The van der Waals surface area contributed by atoms with E-state index in [9.17, 15) is 0 Å². The summed E-state index contributed by atoms with van der Waals surface area (Å²) in [5, 5.41) is 27.3. The van der Waals surface area contributed by atoms with Crippen molar-refractivity contribution in [2.24, 2.45) is 0 Å². The average molecular weight is 288 g/mol. The first-order valence-corrected chi connectivity index (χ1v) is 4.57. The molecule has 0 saturated heterocycles. The van der Waals surface area contributed by atoms with Crippen LogP contribution in [-0.2, 0) is 26.4 Å². The molecule has 0 bridgehead atoms. The summed E-state index contributed by atoms with van der Waals surface area (Å²) >= 11 is 0. The van der Waals surface area contributed by atoms with Crippen molar-refractivity contribution in [3.8, 4) is 12.3 Å². The van der Waals surface area contributed by atoms with Gasteiger partial charge in [0.2, 0.25) is 17.9 Å². The molecule has 0 radical (unpaired) electrons. The largest absolute Gasteiger partial charge is 1.00 e. The molecule has 0 aliphatic heterocycles. The van der Waals surface area contributed by atoms with E-state index < -0.39 is 0 Å². The van der Waals surface area contributed by atoms with Crippen LogP contribution >= 0.6 is 0 Å². The molecule has 5 heteroatoms. The molecule has 0 aliphatic rings. The van der Waals surface area contributed by atoms with Gasteiger partial charge < -0.3 is 32.3 Å². The first-order valence-electron chi connectivity index (χ1n) is 4.57. The van der Waals surface area contributed by atoms with E-state index in [1.54, 1.807) is 16.7 Å². The van der Waals surface area contributed by atoms with Gasteiger partial charge in [0.25, 0.3) is 0 Å². The van der Waals surface area contributed by atoms with Crippen molar-refractivity contribution >= 4 is 0 Å². The molecule has 0 aromatic carbocycles. The van der Waals surface area contributed by atoms with Gasteiger partial charge in [-0.3, -0.25) is 0 Å². The molecule has 3 N–H and O–H groups in total. The normalized spacial score (nSPS) is 9.38. The second-order valence-corrected chi connectivity index (χ2v) is 3.11. The Labute approximate surface area is 105 Å². The van der Waals surface area contributed by atoms with Crippen molar-refractivity contribution in [3.63, 3.8) is 0 Å². The van der Waals surface area contributed by atoms with Crippen LogP contribution in [-0.4, -0.2) is 15.3 Å². The Balaban J connectivity index is 0.00000225. The lowest BCUT2D eigenvalue weighted by Gasteiger charge is -2.05. The monoisotopic (exact) mass is 287 g/mol. The van der Waals surface area contributed by atoms with E-state index in [1.807, 2.05) is 0 Å². The van der Waals surface area contributed by atoms with Gasteiger partial charge in [0.15, 0.2) is 0 Å². The molecular weight excluding hydrogens is 274 g/mol. The Morgan fingerprint density at radius 2 is 1.56 bits per heavy atom. The standard InChI is InChI=1S/C11H14NO3.BrH/c1-2-3-12-10(7-14)4-9(6-13)5-11(12)8-15;/h1,4-5,13-15H,3,6-8H2;1H/q+1;/p-1. The number of terminal acetylenes is 1. The van der Waals surface area contributed by atoms with Gasteiger partial charge >= 0.3 is 0 Å². The van der Waals surface area contributed by atoms with Gasteiger partial charge in [-0.25, -0.2) is 0 Å². The number of pyridine rings is 1. The van der Waals surface area contributed by atoms with E-state index >= 15 is 0 Å². The number of aromatic nitrogens is 1. The highest BCUT2D eigenvalue weighted by Crippen LogP contribution is 2.05. The first kappa shape index (κ1) is 15.1. The number of rotatable bonds is 4. The highest BCUT2D eigenvalue weighted by atomic mass is 79.9. The average Bonchev–Trinajstić information content (AvgIpc) is 2.29. The lowest BCUT2D eigenvalue weighted by molar-refractivity contribution is -0.703. The fourth-order valence-electron chi connectivity index (χ4n) is 1.46. The SMILES string of the molecule is C#CC[n+]1c(CO)cc(CO)cc1CO.[Br-]. The fourth-order valence-corrected chi connectivity index (χ4v) is 1.46. The Hall–Kier alpha value is -0.930. The van der Waals surface area contributed by atoms with E-state index in [4.69, 9.17) is 21.7 Å². The molecule has 0 aliphatic carbocycles. The highest BCUT2D eigenvalue weighted by molar-refractivity contribution is 5.15. The summed E-state index contributed by atoms with van der Waals surface area (Å²) in [7, 11) is 0. The van der Waals surface area contributed by atoms with Crippen LogP contribution in [0.4, 0.5) is 0 Å². The van der Waals surface area contributed by atoms with Crippen molar-refractivity contribution in [3.05, 3.63) is 29.1 Å². The molecule has 1 aromatic heterocycles. The molecule has 4 nitrogen and oxygen atoms in total.